The number of hydrogen-bond donors (Lipinski definition) is 0. The molecule has 0 unspecified atom stereocenters. The standard InChI is InChI=1S/C19H27NO2/c1-19(2,3)14-18(21)20-11-9-15(10-12-20)13-16-7-5-6-8-17(16)22-4/h5-9H,10-14H2,1-4H3. The predicted molar refractivity (Wildman–Crippen MR) is 90.1 cm³/mol. The molecule has 3 heteroatoms. The lowest BCUT2D eigenvalue weighted by Crippen LogP contribution is -2.37. The Balaban J connectivity index is 1.96. The summed E-state index contributed by atoms with van der Waals surface area (Å²) >= 11 is 0. The van der Waals surface area contributed by atoms with Gasteiger partial charge in [-0.2, -0.15) is 0 Å². The molecule has 0 atom stereocenters. The van der Waals surface area contributed by atoms with Crippen molar-refractivity contribution >= 4 is 5.91 Å². The van der Waals surface area contributed by atoms with E-state index >= 15 is 0 Å². The molecule has 0 radical (unpaired) electrons. The van der Waals surface area contributed by atoms with E-state index in [2.05, 4.69) is 32.9 Å². The summed E-state index contributed by atoms with van der Waals surface area (Å²) in [6, 6.07) is 8.14. The van der Waals surface area contributed by atoms with E-state index < -0.39 is 0 Å². The Kier molecular flexibility index (Phi) is 5.28. The third kappa shape index (κ3) is 4.62. The lowest BCUT2D eigenvalue weighted by Gasteiger charge is -2.29. The summed E-state index contributed by atoms with van der Waals surface area (Å²) < 4.78 is 5.41. The molecule has 1 amide bonds. The van der Waals surface area contributed by atoms with Crippen LogP contribution in [0, 0.1) is 5.41 Å². The second kappa shape index (κ2) is 6.99. The SMILES string of the molecule is COc1ccccc1CC1=CCN(C(=O)CC(C)(C)C)CC1. The van der Waals surface area contributed by atoms with Gasteiger partial charge in [0.25, 0.3) is 0 Å². The van der Waals surface area contributed by atoms with E-state index in [9.17, 15) is 4.79 Å². The van der Waals surface area contributed by atoms with Gasteiger partial charge < -0.3 is 9.64 Å². The van der Waals surface area contributed by atoms with E-state index in [1.54, 1.807) is 7.11 Å². The molecule has 120 valence electrons. The summed E-state index contributed by atoms with van der Waals surface area (Å²) in [7, 11) is 1.71. The summed E-state index contributed by atoms with van der Waals surface area (Å²) in [4.78, 5) is 14.2. The molecule has 0 fully saturated rings. The number of carbonyl (C=O) groups is 1. The maximum atomic E-state index is 12.3. The molecule has 3 nitrogen and oxygen atoms in total. The molecular formula is C19H27NO2. The number of nitrogens with zero attached hydrogens (tertiary/aromatic N) is 1. The summed E-state index contributed by atoms with van der Waals surface area (Å²) in [6.07, 6.45) is 4.68. The van der Waals surface area contributed by atoms with Crippen molar-refractivity contribution in [2.45, 2.75) is 40.0 Å². The molecule has 0 saturated heterocycles. The maximum absolute atomic E-state index is 12.3. The van der Waals surface area contributed by atoms with Gasteiger partial charge in [-0.1, -0.05) is 50.6 Å². The smallest absolute Gasteiger partial charge is 0.223 e. The Morgan fingerprint density at radius 2 is 2.00 bits per heavy atom. The zero-order valence-corrected chi connectivity index (χ0v) is 14.2. The number of benzene rings is 1. The highest BCUT2D eigenvalue weighted by Gasteiger charge is 2.22. The normalized spacial score (nSPS) is 15.5. The lowest BCUT2D eigenvalue weighted by atomic mass is 9.91. The molecule has 0 aromatic heterocycles. The number of rotatable bonds is 4. The third-order valence-electron chi connectivity index (χ3n) is 3.95. The summed E-state index contributed by atoms with van der Waals surface area (Å²) in [5.74, 6) is 1.20. The average Bonchev–Trinajstić information content (AvgIpc) is 2.47. The van der Waals surface area contributed by atoms with Crippen molar-refractivity contribution in [3.8, 4) is 5.75 Å². The van der Waals surface area contributed by atoms with Crippen LogP contribution < -0.4 is 4.74 Å². The van der Waals surface area contributed by atoms with Crippen molar-refractivity contribution in [1.82, 2.24) is 4.90 Å². The Bertz CT molecular complexity index is 555. The van der Waals surface area contributed by atoms with Crippen molar-refractivity contribution in [2.24, 2.45) is 5.41 Å². The zero-order valence-electron chi connectivity index (χ0n) is 14.2. The van der Waals surface area contributed by atoms with E-state index in [1.165, 1.54) is 11.1 Å². The van der Waals surface area contributed by atoms with Gasteiger partial charge in [-0.05, 0) is 29.9 Å². The van der Waals surface area contributed by atoms with Crippen molar-refractivity contribution in [1.29, 1.82) is 0 Å². The van der Waals surface area contributed by atoms with Crippen LogP contribution in [-0.2, 0) is 11.2 Å². The number of methoxy groups -OCH3 is 1. The van der Waals surface area contributed by atoms with Gasteiger partial charge in [0.05, 0.1) is 7.11 Å². The largest absolute Gasteiger partial charge is 0.496 e. The quantitative estimate of drug-likeness (QED) is 0.791. The summed E-state index contributed by atoms with van der Waals surface area (Å²) in [5, 5.41) is 0. The fourth-order valence-corrected chi connectivity index (χ4v) is 2.76. The van der Waals surface area contributed by atoms with Crippen LogP contribution in [0.5, 0.6) is 5.75 Å². The first-order valence-electron chi connectivity index (χ1n) is 7.96. The molecule has 22 heavy (non-hydrogen) atoms. The fourth-order valence-electron chi connectivity index (χ4n) is 2.76. The molecule has 1 aliphatic heterocycles. The van der Waals surface area contributed by atoms with Crippen LogP contribution in [-0.4, -0.2) is 31.0 Å². The predicted octanol–water partition coefficient (Wildman–Crippen LogP) is 3.83. The summed E-state index contributed by atoms with van der Waals surface area (Å²) in [5.41, 5.74) is 2.66. The Hall–Kier alpha value is -1.77. The monoisotopic (exact) mass is 301 g/mol. The molecule has 0 bridgehead atoms. The minimum Gasteiger partial charge on any atom is -0.496 e. The highest BCUT2D eigenvalue weighted by molar-refractivity contribution is 5.77. The number of ether oxygens (including phenoxy) is 1. The van der Waals surface area contributed by atoms with Gasteiger partial charge in [-0.15, -0.1) is 0 Å². The van der Waals surface area contributed by atoms with Crippen LogP contribution in [0.3, 0.4) is 0 Å². The van der Waals surface area contributed by atoms with Gasteiger partial charge >= 0.3 is 0 Å². The van der Waals surface area contributed by atoms with Gasteiger partial charge in [0, 0.05) is 19.5 Å². The number of hydrogen-bond acceptors (Lipinski definition) is 2. The van der Waals surface area contributed by atoms with Gasteiger partial charge in [-0.25, -0.2) is 0 Å². The lowest BCUT2D eigenvalue weighted by molar-refractivity contribution is -0.132. The first-order valence-corrected chi connectivity index (χ1v) is 7.96. The van der Waals surface area contributed by atoms with Crippen molar-refractivity contribution in [3.05, 3.63) is 41.5 Å². The van der Waals surface area contributed by atoms with Gasteiger partial charge in [0.2, 0.25) is 5.91 Å². The van der Waals surface area contributed by atoms with Gasteiger partial charge in [0.15, 0.2) is 0 Å². The zero-order chi connectivity index (χ0) is 16.2. The van der Waals surface area contributed by atoms with Crippen molar-refractivity contribution in [3.63, 3.8) is 0 Å². The van der Waals surface area contributed by atoms with E-state index in [-0.39, 0.29) is 11.3 Å². The first-order chi connectivity index (χ1) is 10.4. The molecule has 0 aliphatic carbocycles. The highest BCUT2D eigenvalue weighted by atomic mass is 16.5. The first kappa shape index (κ1) is 16.6. The van der Waals surface area contributed by atoms with Crippen LogP contribution in [0.2, 0.25) is 0 Å². The van der Waals surface area contributed by atoms with Gasteiger partial charge in [-0.3, -0.25) is 4.79 Å². The maximum Gasteiger partial charge on any atom is 0.223 e. The second-order valence-electron chi connectivity index (χ2n) is 7.18. The molecule has 0 spiro atoms. The molecule has 0 N–H and O–H groups in total. The van der Waals surface area contributed by atoms with E-state index in [4.69, 9.17) is 4.74 Å². The van der Waals surface area contributed by atoms with Crippen LogP contribution in [0.4, 0.5) is 0 Å². The van der Waals surface area contributed by atoms with Gasteiger partial charge in [0.1, 0.15) is 5.75 Å². The molecular weight excluding hydrogens is 274 g/mol. The second-order valence-corrected chi connectivity index (χ2v) is 7.18. The number of carbonyl (C=O) groups excluding carboxylic acids is 1. The van der Waals surface area contributed by atoms with Crippen molar-refractivity contribution < 1.29 is 9.53 Å². The fraction of sp³-hybridized carbons (Fsp3) is 0.526. The molecule has 2 rings (SSSR count). The molecule has 1 aliphatic rings. The molecule has 1 aromatic rings. The summed E-state index contributed by atoms with van der Waals surface area (Å²) in [6.45, 7) is 7.89. The minimum absolute atomic E-state index is 0.0540. The van der Waals surface area contributed by atoms with E-state index in [0.29, 0.717) is 6.42 Å². The van der Waals surface area contributed by atoms with Crippen LogP contribution in [0.25, 0.3) is 0 Å². The molecule has 1 aromatic carbocycles. The van der Waals surface area contributed by atoms with Crippen molar-refractivity contribution in [2.75, 3.05) is 20.2 Å². The number of amides is 1. The van der Waals surface area contributed by atoms with E-state index in [1.807, 2.05) is 23.1 Å². The van der Waals surface area contributed by atoms with Crippen LogP contribution in [0.15, 0.2) is 35.9 Å². The highest BCUT2D eigenvalue weighted by Crippen LogP contribution is 2.25. The van der Waals surface area contributed by atoms with Crippen LogP contribution in [0.1, 0.15) is 39.2 Å². The Labute approximate surface area is 134 Å². The number of para-hydroxylation sites is 1. The Morgan fingerprint density at radius 3 is 2.59 bits per heavy atom. The molecule has 1 heterocycles. The average molecular weight is 301 g/mol. The van der Waals surface area contributed by atoms with E-state index in [0.717, 1.165) is 31.7 Å². The molecule has 0 saturated carbocycles. The minimum atomic E-state index is 0.0540. The Morgan fingerprint density at radius 1 is 1.27 bits per heavy atom. The topological polar surface area (TPSA) is 29.5 Å². The third-order valence-corrected chi connectivity index (χ3v) is 3.95. The van der Waals surface area contributed by atoms with Crippen LogP contribution >= 0.6 is 0 Å².